The fourth-order valence-electron chi connectivity index (χ4n) is 1.04. The number of nitrogens with one attached hydrogen (secondary N) is 1. The smallest absolute Gasteiger partial charge is 0.144 e. The quantitative estimate of drug-likeness (QED) is 0.636. The molecule has 0 saturated heterocycles. The van der Waals surface area contributed by atoms with Gasteiger partial charge in [0.1, 0.15) is 5.75 Å². The van der Waals surface area contributed by atoms with Crippen molar-refractivity contribution in [1.29, 1.82) is 0 Å². The molecule has 1 radical (unpaired) electrons. The largest absolute Gasteiger partial charge is 0.495 e. The molecule has 0 fully saturated rings. The van der Waals surface area contributed by atoms with Crippen LogP contribution in [0.15, 0.2) is 18.2 Å². The summed E-state index contributed by atoms with van der Waals surface area (Å²) in [7, 11) is 1.59. The van der Waals surface area contributed by atoms with E-state index < -0.39 is 0 Å². The standard InChI is InChI=1S/C9H12NO/c1-3-7-5-4-6-8(11-2)9(7)10/h4-6,10H,3H2,1-2H3. The van der Waals surface area contributed by atoms with Crippen LogP contribution in [0.3, 0.4) is 0 Å². The number of ether oxygens (including phenoxy) is 1. The normalized spacial score (nSPS) is 9.64. The highest BCUT2D eigenvalue weighted by molar-refractivity contribution is 5.55. The molecule has 0 atom stereocenters. The average Bonchev–Trinajstić information content (AvgIpc) is 2.05. The Morgan fingerprint density at radius 3 is 2.73 bits per heavy atom. The molecule has 2 nitrogen and oxygen atoms in total. The predicted molar refractivity (Wildman–Crippen MR) is 45.1 cm³/mol. The van der Waals surface area contributed by atoms with Gasteiger partial charge in [-0.25, -0.2) is 0 Å². The topological polar surface area (TPSA) is 33.0 Å². The molecular formula is C9H12NO. The number of aryl methyl sites for hydroxylation is 1. The molecule has 1 N–H and O–H groups in total. The zero-order chi connectivity index (χ0) is 8.27. The van der Waals surface area contributed by atoms with Crippen LogP contribution in [0.1, 0.15) is 12.5 Å². The summed E-state index contributed by atoms with van der Waals surface area (Å²) in [5.74, 6) is 0.657. The highest BCUT2D eigenvalue weighted by Gasteiger charge is 2.02. The zero-order valence-electron chi connectivity index (χ0n) is 6.85. The maximum Gasteiger partial charge on any atom is 0.144 e. The van der Waals surface area contributed by atoms with Crippen LogP contribution in [0.2, 0.25) is 0 Å². The summed E-state index contributed by atoms with van der Waals surface area (Å²) in [6.07, 6.45) is 0.885. The second-order valence-corrected chi connectivity index (χ2v) is 2.35. The highest BCUT2D eigenvalue weighted by atomic mass is 16.5. The summed E-state index contributed by atoms with van der Waals surface area (Å²) in [4.78, 5) is 0. The molecule has 2 heteroatoms. The van der Waals surface area contributed by atoms with E-state index in [0.717, 1.165) is 12.0 Å². The van der Waals surface area contributed by atoms with Crippen molar-refractivity contribution in [3.63, 3.8) is 0 Å². The third-order valence-corrected chi connectivity index (χ3v) is 1.71. The van der Waals surface area contributed by atoms with E-state index in [1.807, 2.05) is 25.1 Å². The first-order valence-corrected chi connectivity index (χ1v) is 3.67. The molecule has 59 valence electrons. The minimum absolute atomic E-state index is 0.512. The SMILES string of the molecule is CCc1cccc(OC)c1[NH]. The molecule has 0 spiro atoms. The van der Waals surface area contributed by atoms with E-state index in [1.165, 1.54) is 0 Å². The Bertz CT molecular complexity index is 223. The molecule has 0 unspecified atom stereocenters. The summed E-state index contributed by atoms with van der Waals surface area (Å²) < 4.78 is 5.00. The highest BCUT2D eigenvalue weighted by Crippen LogP contribution is 2.26. The van der Waals surface area contributed by atoms with Crippen LogP contribution in [-0.4, -0.2) is 7.11 Å². The second kappa shape index (κ2) is 3.28. The van der Waals surface area contributed by atoms with Crippen molar-refractivity contribution in [3.8, 4) is 5.75 Å². The number of benzene rings is 1. The summed E-state index contributed by atoms with van der Waals surface area (Å²) in [5, 5.41) is 0. The summed E-state index contributed by atoms with van der Waals surface area (Å²) in [5.41, 5.74) is 9.16. The molecule has 0 saturated carbocycles. The minimum atomic E-state index is 0.512. The molecule has 0 aliphatic rings. The van der Waals surface area contributed by atoms with Gasteiger partial charge in [0, 0.05) is 0 Å². The molecule has 1 rings (SSSR count). The minimum Gasteiger partial charge on any atom is -0.495 e. The van der Waals surface area contributed by atoms with Gasteiger partial charge in [-0.15, -0.1) is 0 Å². The lowest BCUT2D eigenvalue weighted by atomic mass is 10.1. The van der Waals surface area contributed by atoms with E-state index in [9.17, 15) is 0 Å². The van der Waals surface area contributed by atoms with Crippen LogP contribution in [0.25, 0.3) is 0 Å². The van der Waals surface area contributed by atoms with E-state index >= 15 is 0 Å². The van der Waals surface area contributed by atoms with Crippen LogP contribution < -0.4 is 10.5 Å². The van der Waals surface area contributed by atoms with Gasteiger partial charge >= 0.3 is 0 Å². The number of methoxy groups -OCH3 is 1. The van der Waals surface area contributed by atoms with E-state index in [1.54, 1.807) is 7.11 Å². The van der Waals surface area contributed by atoms with E-state index in [4.69, 9.17) is 10.5 Å². The van der Waals surface area contributed by atoms with Gasteiger partial charge in [0.15, 0.2) is 0 Å². The summed E-state index contributed by atoms with van der Waals surface area (Å²) >= 11 is 0. The van der Waals surface area contributed by atoms with Crippen LogP contribution in [0.4, 0.5) is 5.69 Å². The molecule has 0 amide bonds. The third-order valence-electron chi connectivity index (χ3n) is 1.71. The van der Waals surface area contributed by atoms with Crippen LogP contribution >= 0.6 is 0 Å². The Kier molecular flexibility index (Phi) is 2.36. The Morgan fingerprint density at radius 1 is 1.45 bits per heavy atom. The molecule has 0 heterocycles. The van der Waals surface area contributed by atoms with Gasteiger partial charge in [-0.05, 0) is 18.1 Å². The van der Waals surface area contributed by atoms with E-state index in [0.29, 0.717) is 11.4 Å². The van der Waals surface area contributed by atoms with E-state index in [-0.39, 0.29) is 0 Å². The lowest BCUT2D eigenvalue weighted by molar-refractivity contribution is 0.415. The fourth-order valence-corrected chi connectivity index (χ4v) is 1.04. The molecule has 0 aliphatic heterocycles. The molecule has 0 aromatic heterocycles. The van der Waals surface area contributed by atoms with Gasteiger partial charge in [0.25, 0.3) is 0 Å². The number of hydrogen-bond donors (Lipinski definition) is 0. The van der Waals surface area contributed by atoms with Crippen molar-refractivity contribution in [1.82, 2.24) is 5.73 Å². The Labute approximate surface area is 67.0 Å². The van der Waals surface area contributed by atoms with Crippen molar-refractivity contribution >= 4 is 5.69 Å². The van der Waals surface area contributed by atoms with Gasteiger partial charge in [0.05, 0.1) is 12.8 Å². The summed E-state index contributed by atoms with van der Waals surface area (Å²) in [6, 6.07) is 5.67. The van der Waals surface area contributed by atoms with Crippen molar-refractivity contribution in [3.05, 3.63) is 23.8 Å². The van der Waals surface area contributed by atoms with Gasteiger partial charge in [-0.1, -0.05) is 19.1 Å². The number of rotatable bonds is 2. The number of hydrogen-bond acceptors (Lipinski definition) is 1. The monoisotopic (exact) mass is 150 g/mol. The van der Waals surface area contributed by atoms with Gasteiger partial charge in [0.2, 0.25) is 0 Å². The van der Waals surface area contributed by atoms with Crippen LogP contribution in [-0.2, 0) is 6.42 Å². The maximum atomic E-state index is 7.62. The van der Waals surface area contributed by atoms with Crippen molar-refractivity contribution in [2.75, 3.05) is 7.11 Å². The van der Waals surface area contributed by atoms with Crippen molar-refractivity contribution in [2.45, 2.75) is 13.3 Å². The maximum absolute atomic E-state index is 7.62. The van der Waals surface area contributed by atoms with Gasteiger partial charge in [-0.3, -0.25) is 5.73 Å². The molecular weight excluding hydrogens is 138 g/mol. The Hall–Kier alpha value is -1.18. The third kappa shape index (κ3) is 1.45. The Morgan fingerprint density at radius 2 is 2.18 bits per heavy atom. The lowest BCUT2D eigenvalue weighted by Gasteiger charge is -2.06. The van der Waals surface area contributed by atoms with Crippen LogP contribution in [0.5, 0.6) is 5.75 Å². The van der Waals surface area contributed by atoms with Crippen molar-refractivity contribution < 1.29 is 4.74 Å². The molecule has 0 aliphatic carbocycles. The van der Waals surface area contributed by atoms with E-state index in [2.05, 4.69) is 0 Å². The van der Waals surface area contributed by atoms with Gasteiger partial charge in [-0.2, -0.15) is 0 Å². The molecule has 1 aromatic rings. The second-order valence-electron chi connectivity index (χ2n) is 2.35. The summed E-state index contributed by atoms with van der Waals surface area (Å²) in [6.45, 7) is 2.03. The molecule has 0 bridgehead atoms. The van der Waals surface area contributed by atoms with Gasteiger partial charge < -0.3 is 4.74 Å². The zero-order valence-corrected chi connectivity index (χ0v) is 6.85. The fraction of sp³-hybridized carbons (Fsp3) is 0.333. The average molecular weight is 150 g/mol. The van der Waals surface area contributed by atoms with Crippen LogP contribution in [0, 0.1) is 0 Å². The first-order valence-electron chi connectivity index (χ1n) is 3.67. The molecule has 1 aromatic carbocycles. The Balaban J connectivity index is 3.10. The van der Waals surface area contributed by atoms with Crippen molar-refractivity contribution in [2.24, 2.45) is 0 Å². The predicted octanol–water partition coefficient (Wildman–Crippen LogP) is 2.17. The lowest BCUT2D eigenvalue weighted by Crippen LogP contribution is -1.89. The first-order chi connectivity index (χ1) is 5.29. The molecule has 11 heavy (non-hydrogen) atoms. The first kappa shape index (κ1) is 7.92.